The Kier molecular flexibility index (Phi) is 3.88. The van der Waals surface area contributed by atoms with Crippen molar-refractivity contribution in [3.8, 4) is 0 Å². The molecule has 1 aromatic heterocycles. The molecule has 18 heavy (non-hydrogen) atoms. The van der Waals surface area contributed by atoms with E-state index in [0.717, 1.165) is 5.56 Å². The fourth-order valence-electron chi connectivity index (χ4n) is 1.54. The van der Waals surface area contributed by atoms with Crippen LogP contribution in [0.3, 0.4) is 0 Å². The minimum Gasteiger partial charge on any atom is -0.481 e. The van der Waals surface area contributed by atoms with Gasteiger partial charge in [-0.1, -0.05) is 29.8 Å². The van der Waals surface area contributed by atoms with Gasteiger partial charge in [-0.25, -0.2) is 4.68 Å². The van der Waals surface area contributed by atoms with Gasteiger partial charge >= 0.3 is 5.97 Å². The first-order chi connectivity index (χ1) is 8.66. The molecule has 2 aromatic rings. The van der Waals surface area contributed by atoms with Crippen molar-refractivity contribution in [1.82, 2.24) is 20.2 Å². The van der Waals surface area contributed by atoms with Gasteiger partial charge in [0.1, 0.15) is 0 Å². The number of benzene rings is 1. The van der Waals surface area contributed by atoms with Gasteiger partial charge in [0.25, 0.3) is 0 Å². The average Bonchev–Trinajstić information content (AvgIpc) is 2.77. The summed E-state index contributed by atoms with van der Waals surface area (Å²) in [5.74, 6) is -0.279. The number of aliphatic carboxylic acids is 1. The van der Waals surface area contributed by atoms with E-state index in [-0.39, 0.29) is 13.0 Å². The van der Waals surface area contributed by atoms with Crippen LogP contribution in [0.2, 0.25) is 5.02 Å². The van der Waals surface area contributed by atoms with Crippen molar-refractivity contribution in [3.05, 3.63) is 40.7 Å². The number of hydrogen-bond acceptors (Lipinski definition) is 4. The quantitative estimate of drug-likeness (QED) is 0.884. The van der Waals surface area contributed by atoms with Crippen molar-refractivity contribution in [2.75, 3.05) is 0 Å². The Hall–Kier alpha value is -1.95. The van der Waals surface area contributed by atoms with Gasteiger partial charge in [0.2, 0.25) is 0 Å². The zero-order chi connectivity index (χ0) is 13.0. The van der Waals surface area contributed by atoms with Crippen LogP contribution in [0, 0.1) is 0 Å². The van der Waals surface area contributed by atoms with E-state index in [4.69, 9.17) is 16.7 Å². The second kappa shape index (κ2) is 5.59. The van der Waals surface area contributed by atoms with E-state index in [1.165, 1.54) is 4.68 Å². The molecule has 0 fully saturated rings. The summed E-state index contributed by atoms with van der Waals surface area (Å²) in [4.78, 5) is 10.5. The smallest absolute Gasteiger partial charge is 0.305 e. The molecule has 0 amide bonds. The van der Waals surface area contributed by atoms with Crippen LogP contribution in [0.15, 0.2) is 24.3 Å². The lowest BCUT2D eigenvalue weighted by atomic mass is 10.1. The van der Waals surface area contributed by atoms with Crippen molar-refractivity contribution >= 4 is 17.6 Å². The highest BCUT2D eigenvalue weighted by Gasteiger charge is 2.10. The molecule has 0 unspecified atom stereocenters. The van der Waals surface area contributed by atoms with Crippen LogP contribution >= 0.6 is 11.6 Å². The molecule has 0 spiro atoms. The number of hydrogen-bond donors (Lipinski definition) is 1. The SMILES string of the molecule is O=C(O)CCn1nnnc1Cc1ccccc1Cl. The minimum atomic E-state index is -0.880. The number of nitrogens with zero attached hydrogens (tertiary/aromatic N) is 4. The third-order valence-electron chi connectivity index (χ3n) is 2.45. The number of aromatic nitrogens is 4. The lowest BCUT2D eigenvalue weighted by Gasteiger charge is -2.04. The van der Waals surface area contributed by atoms with Crippen LogP contribution in [-0.4, -0.2) is 31.3 Å². The second-order valence-corrected chi connectivity index (χ2v) is 4.14. The number of carboxylic acid groups (broad SMARTS) is 1. The Morgan fingerprint density at radius 1 is 1.39 bits per heavy atom. The topological polar surface area (TPSA) is 80.9 Å². The minimum absolute atomic E-state index is 0.0133. The van der Waals surface area contributed by atoms with E-state index >= 15 is 0 Å². The zero-order valence-electron chi connectivity index (χ0n) is 9.45. The normalized spacial score (nSPS) is 10.5. The van der Waals surface area contributed by atoms with E-state index in [1.807, 2.05) is 18.2 Å². The molecule has 6 nitrogen and oxygen atoms in total. The molecule has 0 radical (unpaired) electrons. The summed E-state index contributed by atoms with van der Waals surface area (Å²) >= 11 is 6.05. The summed E-state index contributed by atoms with van der Waals surface area (Å²) in [6.07, 6.45) is 0.465. The van der Waals surface area contributed by atoms with E-state index in [2.05, 4.69) is 15.5 Å². The number of halogens is 1. The van der Waals surface area contributed by atoms with Gasteiger partial charge in [0, 0.05) is 11.4 Å². The van der Waals surface area contributed by atoms with Gasteiger partial charge in [-0.3, -0.25) is 4.79 Å². The lowest BCUT2D eigenvalue weighted by Crippen LogP contribution is -2.10. The molecule has 94 valence electrons. The summed E-state index contributed by atoms with van der Waals surface area (Å²) in [7, 11) is 0. The first-order valence-corrected chi connectivity index (χ1v) is 5.75. The summed E-state index contributed by atoms with van der Waals surface area (Å²) in [5, 5.41) is 20.5. The van der Waals surface area contributed by atoms with E-state index in [1.54, 1.807) is 6.07 Å². The van der Waals surface area contributed by atoms with Crippen molar-refractivity contribution in [1.29, 1.82) is 0 Å². The molecular formula is C11H11ClN4O2. The molecule has 1 heterocycles. The van der Waals surface area contributed by atoms with Gasteiger partial charge in [0.05, 0.1) is 13.0 Å². The highest BCUT2D eigenvalue weighted by atomic mass is 35.5. The van der Waals surface area contributed by atoms with Crippen molar-refractivity contribution < 1.29 is 9.90 Å². The molecule has 2 rings (SSSR count). The third-order valence-corrected chi connectivity index (χ3v) is 2.82. The number of rotatable bonds is 5. The Morgan fingerprint density at radius 3 is 2.89 bits per heavy atom. The number of carbonyl (C=O) groups is 1. The number of carboxylic acids is 1. The molecule has 0 aliphatic carbocycles. The molecule has 1 aromatic carbocycles. The molecule has 0 saturated carbocycles. The summed E-state index contributed by atoms with van der Waals surface area (Å²) in [6, 6.07) is 7.41. The van der Waals surface area contributed by atoms with Gasteiger partial charge < -0.3 is 5.11 Å². The summed E-state index contributed by atoms with van der Waals surface area (Å²) < 4.78 is 1.48. The molecule has 0 saturated heterocycles. The predicted octanol–water partition coefficient (Wildman–Crippen LogP) is 1.39. The lowest BCUT2D eigenvalue weighted by molar-refractivity contribution is -0.137. The van der Waals surface area contributed by atoms with Crippen LogP contribution in [0.4, 0.5) is 0 Å². The molecule has 0 bridgehead atoms. The Balaban J connectivity index is 2.12. The fraction of sp³-hybridized carbons (Fsp3) is 0.273. The molecule has 1 N–H and O–H groups in total. The number of tetrazole rings is 1. The van der Waals surface area contributed by atoms with Gasteiger partial charge in [-0.05, 0) is 22.1 Å². The molecular weight excluding hydrogens is 256 g/mol. The van der Waals surface area contributed by atoms with Crippen molar-refractivity contribution in [2.24, 2.45) is 0 Å². The van der Waals surface area contributed by atoms with Crippen LogP contribution in [-0.2, 0) is 17.8 Å². The molecule has 0 aliphatic rings. The maximum absolute atomic E-state index is 10.5. The first kappa shape index (κ1) is 12.5. The van der Waals surface area contributed by atoms with Crippen LogP contribution in [0.25, 0.3) is 0 Å². The Bertz CT molecular complexity index is 555. The zero-order valence-corrected chi connectivity index (χ0v) is 10.2. The third kappa shape index (κ3) is 3.04. The standard InChI is InChI=1S/C11H11ClN4O2/c12-9-4-2-1-3-8(9)7-10-13-14-15-16(10)6-5-11(17)18/h1-4H,5-7H2,(H,17,18). The van der Waals surface area contributed by atoms with Crippen molar-refractivity contribution in [3.63, 3.8) is 0 Å². The Morgan fingerprint density at radius 2 is 2.17 bits per heavy atom. The van der Waals surface area contributed by atoms with Gasteiger partial charge in [-0.2, -0.15) is 0 Å². The van der Waals surface area contributed by atoms with E-state index in [9.17, 15) is 4.79 Å². The summed E-state index contributed by atoms with van der Waals surface area (Å²) in [6.45, 7) is 0.252. The first-order valence-electron chi connectivity index (χ1n) is 5.37. The van der Waals surface area contributed by atoms with Gasteiger partial charge in [0.15, 0.2) is 5.82 Å². The maximum atomic E-state index is 10.5. The van der Waals surface area contributed by atoms with E-state index in [0.29, 0.717) is 17.3 Å². The largest absolute Gasteiger partial charge is 0.481 e. The Labute approximate surface area is 108 Å². The van der Waals surface area contributed by atoms with E-state index < -0.39 is 5.97 Å². The second-order valence-electron chi connectivity index (χ2n) is 3.73. The van der Waals surface area contributed by atoms with Crippen LogP contribution in [0.5, 0.6) is 0 Å². The highest BCUT2D eigenvalue weighted by Crippen LogP contribution is 2.17. The van der Waals surface area contributed by atoms with Gasteiger partial charge in [-0.15, -0.1) is 5.10 Å². The van der Waals surface area contributed by atoms with Crippen LogP contribution in [0.1, 0.15) is 17.8 Å². The molecule has 0 atom stereocenters. The van der Waals surface area contributed by atoms with Crippen molar-refractivity contribution in [2.45, 2.75) is 19.4 Å². The average molecular weight is 267 g/mol. The predicted molar refractivity (Wildman–Crippen MR) is 64.3 cm³/mol. The maximum Gasteiger partial charge on any atom is 0.305 e. The fourth-order valence-corrected chi connectivity index (χ4v) is 1.74. The summed E-state index contributed by atoms with van der Waals surface area (Å²) in [5.41, 5.74) is 0.908. The monoisotopic (exact) mass is 266 g/mol. The molecule has 0 aliphatic heterocycles. The highest BCUT2D eigenvalue weighted by molar-refractivity contribution is 6.31. The molecule has 7 heteroatoms. The van der Waals surface area contributed by atoms with Crippen LogP contribution < -0.4 is 0 Å². The number of aryl methyl sites for hydroxylation is 1.